The number of guanidine groups is 1. The summed E-state index contributed by atoms with van der Waals surface area (Å²) < 4.78 is 0. The number of halogens is 1. The van der Waals surface area contributed by atoms with Crippen molar-refractivity contribution in [3.8, 4) is 0 Å². The Morgan fingerprint density at radius 3 is 2.35 bits per heavy atom. The Balaban J connectivity index is 0.00000272. The Hall–Kier alpha value is -2.50. The molecule has 2 aliphatic rings. The summed E-state index contributed by atoms with van der Waals surface area (Å²) in [5.74, 6) is 1.69. The molecule has 0 radical (unpaired) electrons. The van der Waals surface area contributed by atoms with Crippen molar-refractivity contribution in [1.29, 1.82) is 0 Å². The molecule has 1 N–H and O–H groups in total. The molecular weight excluding hydrogens is 509 g/mol. The van der Waals surface area contributed by atoms with Gasteiger partial charge in [0.15, 0.2) is 5.96 Å². The highest BCUT2D eigenvalue weighted by atomic mass is 127. The highest BCUT2D eigenvalue weighted by Crippen LogP contribution is 2.19. The van der Waals surface area contributed by atoms with Crippen molar-refractivity contribution < 1.29 is 4.92 Å². The molecule has 0 spiro atoms. The summed E-state index contributed by atoms with van der Waals surface area (Å²) in [6, 6.07) is 8.92. The minimum Gasteiger partial charge on any atom is -0.353 e. The quantitative estimate of drug-likeness (QED) is 0.206. The zero-order valence-electron chi connectivity index (χ0n) is 17.4. The summed E-state index contributed by atoms with van der Waals surface area (Å²) in [4.78, 5) is 28.5. The molecule has 1 saturated heterocycles. The van der Waals surface area contributed by atoms with Gasteiger partial charge in [0.2, 0.25) is 5.95 Å². The van der Waals surface area contributed by atoms with E-state index in [0.717, 1.165) is 43.7 Å². The second-order valence-corrected chi connectivity index (χ2v) is 7.71. The fourth-order valence-corrected chi connectivity index (χ4v) is 3.95. The Morgan fingerprint density at radius 2 is 1.74 bits per heavy atom. The third-order valence-electron chi connectivity index (χ3n) is 5.66. The number of aromatic nitrogens is 2. The van der Waals surface area contributed by atoms with Crippen LogP contribution < -0.4 is 10.2 Å². The molecule has 4 rings (SSSR count). The van der Waals surface area contributed by atoms with Crippen LogP contribution in [0.1, 0.15) is 31.2 Å². The van der Waals surface area contributed by atoms with Gasteiger partial charge in [-0.3, -0.25) is 10.1 Å². The van der Waals surface area contributed by atoms with Gasteiger partial charge in [0, 0.05) is 56.7 Å². The fraction of sp³-hybridized carbons (Fsp3) is 0.476. The number of anilines is 1. The Bertz CT molecular complexity index is 865. The van der Waals surface area contributed by atoms with E-state index in [0.29, 0.717) is 12.6 Å². The summed E-state index contributed by atoms with van der Waals surface area (Å²) in [6.45, 7) is 3.86. The van der Waals surface area contributed by atoms with E-state index in [9.17, 15) is 10.1 Å². The lowest BCUT2D eigenvalue weighted by molar-refractivity contribution is -0.384. The van der Waals surface area contributed by atoms with Crippen LogP contribution in [-0.2, 0) is 6.54 Å². The lowest BCUT2D eigenvalue weighted by atomic mass is 10.2. The Morgan fingerprint density at radius 1 is 1.10 bits per heavy atom. The molecule has 10 heteroatoms. The topological polar surface area (TPSA) is 99.8 Å². The number of piperazine rings is 1. The highest BCUT2D eigenvalue weighted by Gasteiger charge is 2.24. The first-order valence-corrected chi connectivity index (χ1v) is 10.5. The number of aliphatic imine (C=N–C) groups is 1. The van der Waals surface area contributed by atoms with Crippen molar-refractivity contribution in [3.63, 3.8) is 0 Å². The van der Waals surface area contributed by atoms with E-state index in [1.54, 1.807) is 24.5 Å². The first-order valence-electron chi connectivity index (χ1n) is 10.5. The van der Waals surface area contributed by atoms with Crippen LogP contribution in [0.3, 0.4) is 0 Å². The number of benzene rings is 1. The van der Waals surface area contributed by atoms with Crippen molar-refractivity contribution in [2.24, 2.45) is 4.99 Å². The van der Waals surface area contributed by atoms with Crippen LogP contribution in [0.5, 0.6) is 0 Å². The molecule has 31 heavy (non-hydrogen) atoms. The number of nitrogens with zero attached hydrogens (tertiary/aromatic N) is 6. The second kappa shape index (κ2) is 11.2. The molecule has 1 aromatic carbocycles. The normalized spacial score (nSPS) is 17.4. The van der Waals surface area contributed by atoms with E-state index in [1.165, 1.54) is 37.8 Å². The van der Waals surface area contributed by atoms with Crippen molar-refractivity contribution in [2.75, 3.05) is 31.1 Å². The minimum absolute atomic E-state index is 0. The largest absolute Gasteiger partial charge is 0.353 e. The standard InChI is InChI=1S/C21H27N7O2.HI/c29-28(30)19-8-6-17(7-9-19)16-24-21(25-18-4-1-2-5-18)27-14-12-26(13-15-27)20-22-10-3-11-23-20;/h3,6-11,18H,1-2,4-5,12-16H2,(H,24,25);1H. The van der Waals surface area contributed by atoms with Gasteiger partial charge in [0.1, 0.15) is 0 Å². The van der Waals surface area contributed by atoms with Gasteiger partial charge in [0.25, 0.3) is 5.69 Å². The molecule has 0 atom stereocenters. The molecule has 166 valence electrons. The van der Waals surface area contributed by atoms with Gasteiger partial charge in [-0.25, -0.2) is 15.0 Å². The van der Waals surface area contributed by atoms with Crippen LogP contribution in [-0.4, -0.2) is 58.0 Å². The minimum atomic E-state index is -0.379. The maximum Gasteiger partial charge on any atom is 0.269 e. The van der Waals surface area contributed by atoms with Crippen LogP contribution in [0.25, 0.3) is 0 Å². The number of non-ortho nitro benzene ring substituents is 1. The third-order valence-corrected chi connectivity index (χ3v) is 5.66. The van der Waals surface area contributed by atoms with Crippen molar-refractivity contribution in [2.45, 2.75) is 38.3 Å². The van der Waals surface area contributed by atoms with Gasteiger partial charge in [0.05, 0.1) is 11.5 Å². The summed E-state index contributed by atoms with van der Waals surface area (Å²) in [7, 11) is 0. The fourth-order valence-electron chi connectivity index (χ4n) is 3.95. The van der Waals surface area contributed by atoms with Gasteiger partial charge in [-0.05, 0) is 24.5 Å². The smallest absolute Gasteiger partial charge is 0.269 e. The average molecular weight is 537 g/mol. The van der Waals surface area contributed by atoms with E-state index in [4.69, 9.17) is 4.99 Å². The number of hydrogen-bond donors (Lipinski definition) is 1. The van der Waals surface area contributed by atoms with Crippen molar-refractivity contribution >= 4 is 41.6 Å². The van der Waals surface area contributed by atoms with Gasteiger partial charge in [-0.2, -0.15) is 0 Å². The number of nitro groups is 1. The zero-order valence-corrected chi connectivity index (χ0v) is 19.7. The van der Waals surface area contributed by atoms with Crippen LogP contribution in [0.4, 0.5) is 11.6 Å². The van der Waals surface area contributed by atoms with Crippen LogP contribution >= 0.6 is 24.0 Å². The highest BCUT2D eigenvalue weighted by molar-refractivity contribution is 14.0. The van der Waals surface area contributed by atoms with Gasteiger partial charge < -0.3 is 15.1 Å². The molecule has 1 aliphatic heterocycles. The van der Waals surface area contributed by atoms with Gasteiger partial charge in [-0.15, -0.1) is 24.0 Å². The maximum atomic E-state index is 10.9. The maximum absolute atomic E-state index is 10.9. The van der Waals surface area contributed by atoms with Crippen molar-refractivity contribution in [1.82, 2.24) is 20.2 Å². The second-order valence-electron chi connectivity index (χ2n) is 7.71. The molecule has 0 unspecified atom stereocenters. The Labute approximate surface area is 199 Å². The lowest BCUT2D eigenvalue weighted by Crippen LogP contribution is -2.54. The summed E-state index contributed by atoms with van der Waals surface area (Å²) in [5.41, 5.74) is 1.06. The van der Waals surface area contributed by atoms with Gasteiger partial charge in [-0.1, -0.05) is 25.0 Å². The predicted octanol–water partition coefficient (Wildman–Crippen LogP) is 3.21. The monoisotopic (exact) mass is 537 g/mol. The van der Waals surface area contributed by atoms with E-state index in [2.05, 4.69) is 25.1 Å². The summed E-state index contributed by atoms with van der Waals surface area (Å²) in [5, 5.41) is 14.5. The first kappa shape index (κ1) is 23.2. The van der Waals surface area contributed by atoms with Crippen LogP contribution in [0.2, 0.25) is 0 Å². The summed E-state index contributed by atoms with van der Waals surface area (Å²) in [6.07, 6.45) is 8.41. The Kier molecular flexibility index (Phi) is 8.38. The molecule has 1 aliphatic carbocycles. The SMILES string of the molecule is I.O=[N+]([O-])c1ccc(CN=C(NC2CCCC2)N2CCN(c3ncccn3)CC2)cc1. The molecular formula is C21H28IN7O2. The van der Waals surface area contributed by atoms with Crippen LogP contribution in [0.15, 0.2) is 47.7 Å². The number of rotatable bonds is 5. The molecule has 1 aromatic heterocycles. The molecule has 9 nitrogen and oxygen atoms in total. The number of nitro benzene ring substituents is 1. The number of hydrogen-bond acceptors (Lipinski definition) is 6. The predicted molar refractivity (Wildman–Crippen MR) is 131 cm³/mol. The molecule has 2 aromatic rings. The van der Waals surface area contributed by atoms with E-state index < -0.39 is 0 Å². The number of nitrogens with one attached hydrogen (secondary N) is 1. The first-order chi connectivity index (χ1) is 14.7. The molecule has 2 fully saturated rings. The lowest BCUT2D eigenvalue weighted by Gasteiger charge is -2.37. The van der Waals surface area contributed by atoms with E-state index >= 15 is 0 Å². The van der Waals surface area contributed by atoms with E-state index in [1.807, 2.05) is 6.07 Å². The van der Waals surface area contributed by atoms with Gasteiger partial charge >= 0.3 is 0 Å². The van der Waals surface area contributed by atoms with Crippen LogP contribution in [0, 0.1) is 10.1 Å². The molecule has 0 bridgehead atoms. The molecule has 1 saturated carbocycles. The molecule has 0 amide bonds. The summed E-state index contributed by atoms with van der Waals surface area (Å²) >= 11 is 0. The van der Waals surface area contributed by atoms with Crippen molar-refractivity contribution in [3.05, 3.63) is 58.4 Å². The molecule has 2 heterocycles. The zero-order chi connectivity index (χ0) is 20.8. The average Bonchev–Trinajstić information content (AvgIpc) is 3.31. The van der Waals surface area contributed by atoms with E-state index in [-0.39, 0.29) is 34.6 Å². The third kappa shape index (κ3) is 6.25.